The minimum absolute atomic E-state index is 0.0619. The molecule has 2 aromatic rings. The Morgan fingerprint density at radius 2 is 2.05 bits per heavy atom. The second kappa shape index (κ2) is 4.64. The van der Waals surface area contributed by atoms with Gasteiger partial charge in [0.1, 0.15) is 18.0 Å². The van der Waals surface area contributed by atoms with Gasteiger partial charge in [0, 0.05) is 43.2 Å². The first-order valence-electron chi connectivity index (χ1n) is 6.22. The molecule has 3 heterocycles. The summed E-state index contributed by atoms with van der Waals surface area (Å²) in [4.78, 5) is 12.9. The maximum atomic E-state index is 11.4. The van der Waals surface area contributed by atoms with Crippen molar-refractivity contribution in [2.45, 2.75) is 12.8 Å². The fourth-order valence-corrected chi connectivity index (χ4v) is 3.06. The van der Waals surface area contributed by atoms with Gasteiger partial charge in [0.2, 0.25) is 10.0 Å². The molecule has 0 amide bonds. The van der Waals surface area contributed by atoms with Gasteiger partial charge in [-0.3, -0.25) is 4.57 Å². The monoisotopic (exact) mass is 293 g/mol. The predicted octanol–water partition coefficient (Wildman–Crippen LogP) is 0.330. The summed E-state index contributed by atoms with van der Waals surface area (Å²) in [5.41, 5.74) is 0.858. The number of aromatic nitrogens is 4. The molecule has 0 saturated carbocycles. The molecule has 0 bridgehead atoms. The van der Waals surface area contributed by atoms with Crippen molar-refractivity contribution in [2.75, 3.05) is 19.3 Å². The zero-order valence-corrected chi connectivity index (χ0v) is 12.1. The summed E-state index contributed by atoms with van der Waals surface area (Å²) in [6.07, 6.45) is 6.40. The molecule has 20 heavy (non-hydrogen) atoms. The quantitative estimate of drug-likeness (QED) is 0.814. The lowest BCUT2D eigenvalue weighted by molar-refractivity contribution is 0.257. The normalized spacial score (nSPS) is 17.1. The van der Waals surface area contributed by atoms with Crippen molar-refractivity contribution in [3.63, 3.8) is 0 Å². The predicted molar refractivity (Wildman–Crippen MR) is 73.0 cm³/mol. The smallest absolute Gasteiger partial charge is 0.211 e. The third-order valence-corrected chi connectivity index (χ3v) is 4.55. The Kier molecular flexibility index (Phi) is 3.06. The molecule has 1 fully saturated rings. The molecule has 2 aromatic heterocycles. The Morgan fingerprint density at radius 1 is 1.30 bits per heavy atom. The van der Waals surface area contributed by atoms with E-state index >= 15 is 0 Å². The molecule has 0 aromatic carbocycles. The van der Waals surface area contributed by atoms with Crippen molar-refractivity contribution in [1.29, 1.82) is 0 Å². The van der Waals surface area contributed by atoms with Gasteiger partial charge in [0.05, 0.1) is 6.26 Å². The fraction of sp³-hybridized carbons (Fsp3) is 0.417. The first-order chi connectivity index (χ1) is 9.43. The SMILES string of the molecule is Cc1cc(-n2ccnc2)nc(C2CN(S(C)(=O)=O)C2)n1. The Balaban J connectivity index is 1.86. The van der Waals surface area contributed by atoms with E-state index in [-0.39, 0.29) is 5.92 Å². The molecule has 1 saturated heterocycles. The van der Waals surface area contributed by atoms with Crippen molar-refractivity contribution >= 4 is 10.0 Å². The van der Waals surface area contributed by atoms with Gasteiger partial charge in [-0.1, -0.05) is 0 Å². The van der Waals surface area contributed by atoms with Gasteiger partial charge in [-0.25, -0.2) is 27.7 Å². The highest BCUT2D eigenvalue weighted by Crippen LogP contribution is 2.27. The van der Waals surface area contributed by atoms with Crippen LogP contribution in [0, 0.1) is 6.92 Å². The number of nitrogens with zero attached hydrogens (tertiary/aromatic N) is 5. The van der Waals surface area contributed by atoms with Crippen LogP contribution in [0.2, 0.25) is 0 Å². The lowest BCUT2D eigenvalue weighted by Crippen LogP contribution is -2.48. The minimum Gasteiger partial charge on any atom is -0.290 e. The third-order valence-electron chi connectivity index (χ3n) is 3.31. The van der Waals surface area contributed by atoms with Gasteiger partial charge in [-0.15, -0.1) is 0 Å². The van der Waals surface area contributed by atoms with Crippen LogP contribution in [0.1, 0.15) is 17.4 Å². The second-order valence-corrected chi connectivity index (χ2v) is 6.96. The zero-order chi connectivity index (χ0) is 14.3. The average molecular weight is 293 g/mol. The van der Waals surface area contributed by atoms with Gasteiger partial charge < -0.3 is 0 Å². The highest BCUT2D eigenvalue weighted by Gasteiger charge is 2.36. The lowest BCUT2D eigenvalue weighted by atomic mass is 10.0. The van der Waals surface area contributed by atoms with E-state index in [1.54, 1.807) is 12.5 Å². The van der Waals surface area contributed by atoms with Gasteiger partial charge in [0.15, 0.2) is 0 Å². The lowest BCUT2D eigenvalue weighted by Gasteiger charge is -2.36. The van der Waals surface area contributed by atoms with Crippen LogP contribution < -0.4 is 0 Å². The van der Waals surface area contributed by atoms with E-state index in [9.17, 15) is 8.42 Å². The van der Waals surface area contributed by atoms with Gasteiger partial charge in [-0.05, 0) is 6.92 Å². The van der Waals surface area contributed by atoms with E-state index in [1.165, 1.54) is 10.6 Å². The fourth-order valence-electron chi connectivity index (χ4n) is 2.16. The number of hydrogen-bond acceptors (Lipinski definition) is 5. The zero-order valence-electron chi connectivity index (χ0n) is 11.3. The Hall–Kier alpha value is -1.80. The summed E-state index contributed by atoms with van der Waals surface area (Å²) in [5.74, 6) is 1.50. The number of imidazole rings is 1. The highest BCUT2D eigenvalue weighted by molar-refractivity contribution is 7.88. The summed E-state index contributed by atoms with van der Waals surface area (Å²) in [6, 6.07) is 1.87. The molecule has 8 heteroatoms. The molecular formula is C12H15N5O2S. The minimum atomic E-state index is -3.11. The van der Waals surface area contributed by atoms with Crippen molar-refractivity contribution in [1.82, 2.24) is 23.8 Å². The molecule has 0 unspecified atom stereocenters. The Labute approximate surface area is 117 Å². The summed E-state index contributed by atoms with van der Waals surface area (Å²) in [6.45, 7) is 2.80. The number of sulfonamides is 1. The molecule has 3 rings (SSSR count). The summed E-state index contributed by atoms with van der Waals surface area (Å²) in [5, 5.41) is 0. The summed E-state index contributed by atoms with van der Waals surface area (Å²) < 4.78 is 26.0. The van der Waals surface area contributed by atoms with Crippen molar-refractivity contribution < 1.29 is 8.42 Å². The second-order valence-electron chi connectivity index (χ2n) is 4.97. The van der Waals surface area contributed by atoms with Crippen LogP contribution in [0.5, 0.6) is 0 Å². The first-order valence-corrected chi connectivity index (χ1v) is 8.07. The van der Waals surface area contributed by atoms with Crippen molar-refractivity contribution in [3.05, 3.63) is 36.3 Å². The average Bonchev–Trinajstić information content (AvgIpc) is 2.76. The van der Waals surface area contributed by atoms with Crippen LogP contribution in [-0.4, -0.2) is 51.6 Å². The molecule has 106 valence electrons. The molecule has 7 nitrogen and oxygen atoms in total. The number of aryl methyl sites for hydroxylation is 1. The standard InChI is InChI=1S/C12H15N5O2S/c1-9-5-11(16-4-3-13-8-16)15-12(14-9)10-6-17(7-10)20(2,18)19/h3-5,8,10H,6-7H2,1-2H3. The molecular weight excluding hydrogens is 278 g/mol. The van der Waals surface area contributed by atoms with Gasteiger partial charge >= 0.3 is 0 Å². The van der Waals surface area contributed by atoms with Crippen molar-refractivity contribution in [2.24, 2.45) is 0 Å². The first kappa shape index (κ1) is 13.2. The van der Waals surface area contributed by atoms with E-state index in [2.05, 4.69) is 15.0 Å². The van der Waals surface area contributed by atoms with E-state index in [0.29, 0.717) is 18.9 Å². The van der Waals surface area contributed by atoms with Crippen LogP contribution in [0.25, 0.3) is 5.82 Å². The molecule has 0 aliphatic carbocycles. The number of rotatable bonds is 3. The van der Waals surface area contributed by atoms with Crippen molar-refractivity contribution in [3.8, 4) is 5.82 Å². The van der Waals surface area contributed by atoms with Crippen LogP contribution >= 0.6 is 0 Å². The molecule has 0 spiro atoms. The summed E-state index contributed by atoms with van der Waals surface area (Å²) >= 11 is 0. The molecule has 1 aliphatic rings. The Morgan fingerprint density at radius 3 is 2.65 bits per heavy atom. The maximum absolute atomic E-state index is 11.4. The number of hydrogen-bond donors (Lipinski definition) is 0. The molecule has 0 radical (unpaired) electrons. The van der Waals surface area contributed by atoms with Gasteiger partial charge in [0.25, 0.3) is 0 Å². The largest absolute Gasteiger partial charge is 0.290 e. The Bertz CT molecular complexity index is 720. The van der Waals surface area contributed by atoms with E-state index in [0.717, 1.165) is 11.5 Å². The van der Waals surface area contributed by atoms with Crippen LogP contribution in [0.3, 0.4) is 0 Å². The van der Waals surface area contributed by atoms with E-state index in [4.69, 9.17) is 0 Å². The maximum Gasteiger partial charge on any atom is 0.211 e. The van der Waals surface area contributed by atoms with Crippen LogP contribution in [-0.2, 0) is 10.0 Å². The highest BCUT2D eigenvalue weighted by atomic mass is 32.2. The molecule has 0 atom stereocenters. The third kappa shape index (κ3) is 2.44. The topological polar surface area (TPSA) is 81.0 Å². The van der Waals surface area contributed by atoms with E-state index < -0.39 is 10.0 Å². The van der Waals surface area contributed by atoms with Gasteiger partial charge in [-0.2, -0.15) is 0 Å². The molecule has 0 N–H and O–H groups in total. The van der Waals surface area contributed by atoms with Crippen LogP contribution in [0.15, 0.2) is 24.8 Å². The molecule has 1 aliphatic heterocycles. The summed E-state index contributed by atoms with van der Waals surface area (Å²) in [7, 11) is -3.11. The van der Waals surface area contributed by atoms with Crippen LogP contribution in [0.4, 0.5) is 0 Å². The van der Waals surface area contributed by atoms with E-state index in [1.807, 2.05) is 23.8 Å².